The van der Waals surface area contributed by atoms with Gasteiger partial charge in [0, 0.05) is 27.7 Å². The number of piperidine rings is 1. The van der Waals surface area contributed by atoms with Gasteiger partial charge in [-0.25, -0.2) is 0 Å². The lowest BCUT2D eigenvalue weighted by molar-refractivity contribution is -0.134. The number of carbonyl (C=O) groups is 3. The van der Waals surface area contributed by atoms with Gasteiger partial charge in [0.15, 0.2) is 0 Å². The van der Waals surface area contributed by atoms with E-state index in [2.05, 4.69) is 21.3 Å². The Morgan fingerprint density at radius 3 is 2.48 bits per heavy atom. The van der Waals surface area contributed by atoms with Crippen LogP contribution in [0.4, 0.5) is 0 Å². The standard InChI is InChI=1S/C31H33ClN4O3S/c1-20-25-18-23(32)9-10-26(25)40-27(20)19-29(38)36-31(11-13-33-14-12-31)30(39)35-16-15-34-28(37)17-22-7-4-6-21-5-2-3-8-24(21)22/h2-10,18,33H,11-17,19H2,1H3,(H,34,37)(H,35,39)(H,36,38). The third-order valence-corrected chi connectivity index (χ3v) is 9.06. The molecule has 1 saturated heterocycles. The van der Waals surface area contributed by atoms with E-state index in [4.69, 9.17) is 11.6 Å². The number of aryl methyl sites for hydroxylation is 1. The quantitative estimate of drug-likeness (QED) is 0.224. The maximum atomic E-state index is 13.4. The molecule has 9 heteroatoms. The molecule has 1 aliphatic heterocycles. The van der Waals surface area contributed by atoms with Gasteiger partial charge in [0.05, 0.1) is 12.8 Å². The summed E-state index contributed by atoms with van der Waals surface area (Å²) in [7, 11) is 0. The number of thiophene rings is 1. The van der Waals surface area contributed by atoms with E-state index < -0.39 is 5.54 Å². The highest BCUT2D eigenvalue weighted by Gasteiger charge is 2.40. The fraction of sp³-hybridized carbons (Fsp3) is 0.323. The summed E-state index contributed by atoms with van der Waals surface area (Å²) >= 11 is 7.74. The third kappa shape index (κ3) is 6.30. The van der Waals surface area contributed by atoms with Crippen molar-refractivity contribution in [3.8, 4) is 0 Å². The first-order chi connectivity index (χ1) is 19.3. The number of nitrogens with one attached hydrogen (secondary N) is 4. The molecule has 0 radical (unpaired) electrons. The maximum Gasteiger partial charge on any atom is 0.245 e. The molecule has 40 heavy (non-hydrogen) atoms. The summed E-state index contributed by atoms with van der Waals surface area (Å²) in [5.74, 6) is -0.498. The van der Waals surface area contributed by atoms with Gasteiger partial charge in [-0.1, -0.05) is 54.1 Å². The lowest BCUT2D eigenvalue weighted by Crippen LogP contribution is -2.63. The fourth-order valence-electron chi connectivity index (χ4n) is 5.36. The molecular formula is C31H33ClN4O3S. The third-order valence-electron chi connectivity index (χ3n) is 7.55. The van der Waals surface area contributed by atoms with Crippen molar-refractivity contribution in [2.45, 2.75) is 38.1 Å². The van der Waals surface area contributed by atoms with Crippen LogP contribution in [-0.2, 0) is 27.2 Å². The summed E-state index contributed by atoms with van der Waals surface area (Å²) in [6.45, 7) is 3.85. The van der Waals surface area contributed by atoms with Gasteiger partial charge in [-0.2, -0.15) is 0 Å². The molecule has 0 aliphatic carbocycles. The Morgan fingerprint density at radius 1 is 0.900 bits per heavy atom. The van der Waals surface area contributed by atoms with Gasteiger partial charge in [-0.15, -0.1) is 11.3 Å². The molecule has 0 unspecified atom stereocenters. The summed E-state index contributed by atoms with van der Waals surface area (Å²) in [5, 5.41) is 16.1. The van der Waals surface area contributed by atoms with Crippen molar-refractivity contribution in [1.29, 1.82) is 0 Å². The van der Waals surface area contributed by atoms with E-state index in [9.17, 15) is 14.4 Å². The zero-order chi connectivity index (χ0) is 28.1. The Hall–Kier alpha value is -3.46. The van der Waals surface area contributed by atoms with Crippen molar-refractivity contribution in [3.05, 3.63) is 81.7 Å². The Labute approximate surface area is 242 Å². The van der Waals surface area contributed by atoms with E-state index in [0.29, 0.717) is 37.5 Å². The summed E-state index contributed by atoms with van der Waals surface area (Å²) in [6.07, 6.45) is 1.47. The second-order valence-corrected chi connectivity index (χ2v) is 11.8. The zero-order valence-electron chi connectivity index (χ0n) is 22.4. The second kappa shape index (κ2) is 12.4. The molecule has 0 saturated carbocycles. The first-order valence-electron chi connectivity index (χ1n) is 13.6. The number of rotatable bonds is 9. The van der Waals surface area contributed by atoms with Crippen LogP contribution in [0.25, 0.3) is 20.9 Å². The number of hydrogen-bond donors (Lipinski definition) is 4. The normalized spacial score (nSPS) is 14.7. The molecule has 1 aliphatic rings. The molecule has 4 N–H and O–H groups in total. The molecule has 4 aromatic rings. The number of fused-ring (bicyclic) bond motifs is 2. The van der Waals surface area contributed by atoms with Gasteiger partial charge < -0.3 is 21.3 Å². The minimum atomic E-state index is -0.983. The summed E-state index contributed by atoms with van der Waals surface area (Å²) in [5.41, 5.74) is 1.03. The van der Waals surface area contributed by atoms with Gasteiger partial charge in [-0.3, -0.25) is 14.4 Å². The average Bonchev–Trinajstić information content (AvgIpc) is 3.25. The minimum absolute atomic E-state index is 0.101. The molecule has 1 fully saturated rings. The van der Waals surface area contributed by atoms with E-state index in [-0.39, 0.29) is 37.1 Å². The van der Waals surface area contributed by atoms with Crippen molar-refractivity contribution in [1.82, 2.24) is 21.3 Å². The predicted molar refractivity (Wildman–Crippen MR) is 162 cm³/mol. The molecule has 0 bridgehead atoms. The highest BCUT2D eigenvalue weighted by Crippen LogP contribution is 2.33. The van der Waals surface area contributed by atoms with Crippen molar-refractivity contribution < 1.29 is 14.4 Å². The van der Waals surface area contributed by atoms with Gasteiger partial charge in [0.2, 0.25) is 17.7 Å². The van der Waals surface area contributed by atoms with Crippen molar-refractivity contribution in [3.63, 3.8) is 0 Å². The summed E-state index contributed by atoms with van der Waals surface area (Å²) in [6, 6.07) is 19.7. The highest BCUT2D eigenvalue weighted by molar-refractivity contribution is 7.19. The SMILES string of the molecule is Cc1c(CC(=O)NC2(C(=O)NCCNC(=O)Cc3cccc4ccccc34)CCNCC2)sc2ccc(Cl)cc12. The van der Waals surface area contributed by atoms with Crippen molar-refractivity contribution in [2.24, 2.45) is 0 Å². The van der Waals surface area contributed by atoms with E-state index in [1.54, 1.807) is 11.3 Å². The number of benzene rings is 3. The van der Waals surface area contributed by atoms with Crippen LogP contribution in [0.3, 0.4) is 0 Å². The van der Waals surface area contributed by atoms with Crippen LogP contribution in [0.5, 0.6) is 0 Å². The average molecular weight is 577 g/mol. The van der Waals surface area contributed by atoms with Gasteiger partial charge >= 0.3 is 0 Å². The van der Waals surface area contributed by atoms with Crippen LogP contribution in [-0.4, -0.2) is 49.4 Å². The van der Waals surface area contributed by atoms with Crippen LogP contribution in [0, 0.1) is 6.92 Å². The Balaban J connectivity index is 1.15. The van der Waals surface area contributed by atoms with Crippen LogP contribution >= 0.6 is 22.9 Å². The lowest BCUT2D eigenvalue weighted by Gasteiger charge is -2.37. The first-order valence-corrected chi connectivity index (χ1v) is 14.7. The molecule has 2 heterocycles. The largest absolute Gasteiger partial charge is 0.354 e. The number of carbonyl (C=O) groups excluding carboxylic acids is 3. The molecule has 0 spiro atoms. The molecular weight excluding hydrogens is 544 g/mol. The number of amides is 3. The Morgan fingerprint density at radius 2 is 1.65 bits per heavy atom. The minimum Gasteiger partial charge on any atom is -0.354 e. The fourth-order valence-corrected chi connectivity index (χ4v) is 6.72. The predicted octanol–water partition coefficient (Wildman–Crippen LogP) is 4.27. The van der Waals surface area contributed by atoms with Crippen LogP contribution in [0.2, 0.25) is 5.02 Å². The number of halogens is 1. The Kier molecular flexibility index (Phi) is 8.69. The van der Waals surface area contributed by atoms with Gasteiger partial charge in [0.25, 0.3) is 0 Å². The van der Waals surface area contributed by atoms with E-state index in [1.165, 1.54) is 0 Å². The highest BCUT2D eigenvalue weighted by atomic mass is 35.5. The second-order valence-electron chi connectivity index (χ2n) is 10.3. The van der Waals surface area contributed by atoms with E-state index in [1.807, 2.05) is 67.6 Å². The van der Waals surface area contributed by atoms with Gasteiger partial charge in [0.1, 0.15) is 5.54 Å². The van der Waals surface area contributed by atoms with Crippen molar-refractivity contribution >= 4 is 61.5 Å². The number of hydrogen-bond acceptors (Lipinski definition) is 5. The summed E-state index contributed by atoms with van der Waals surface area (Å²) < 4.78 is 1.08. The molecule has 3 aromatic carbocycles. The van der Waals surface area contributed by atoms with E-state index >= 15 is 0 Å². The molecule has 7 nitrogen and oxygen atoms in total. The summed E-state index contributed by atoms with van der Waals surface area (Å²) in [4.78, 5) is 40.1. The zero-order valence-corrected chi connectivity index (χ0v) is 24.0. The lowest BCUT2D eigenvalue weighted by atomic mass is 9.87. The molecule has 3 amide bonds. The molecule has 5 rings (SSSR count). The smallest absolute Gasteiger partial charge is 0.245 e. The van der Waals surface area contributed by atoms with Crippen LogP contribution in [0.1, 0.15) is 28.8 Å². The maximum absolute atomic E-state index is 13.4. The molecule has 0 atom stereocenters. The first kappa shape index (κ1) is 28.1. The molecule has 208 valence electrons. The van der Waals surface area contributed by atoms with E-state index in [0.717, 1.165) is 36.9 Å². The van der Waals surface area contributed by atoms with Crippen LogP contribution < -0.4 is 21.3 Å². The topological polar surface area (TPSA) is 99.3 Å². The monoisotopic (exact) mass is 576 g/mol. The van der Waals surface area contributed by atoms with Gasteiger partial charge in [-0.05, 0) is 78.3 Å². The Bertz CT molecular complexity index is 1560. The molecule has 1 aromatic heterocycles. The van der Waals surface area contributed by atoms with Crippen molar-refractivity contribution in [2.75, 3.05) is 26.2 Å². The van der Waals surface area contributed by atoms with Crippen LogP contribution in [0.15, 0.2) is 60.7 Å².